The lowest BCUT2D eigenvalue weighted by Gasteiger charge is -2.30. The zero-order chi connectivity index (χ0) is 13.5. The van der Waals surface area contributed by atoms with Gasteiger partial charge in [0.25, 0.3) is 7.82 Å². The lowest BCUT2D eigenvalue weighted by Crippen LogP contribution is -2.42. The van der Waals surface area contributed by atoms with Gasteiger partial charge in [0.2, 0.25) is 0 Å². The molecule has 0 aliphatic heterocycles. The van der Waals surface area contributed by atoms with Crippen LogP contribution in [0, 0.1) is 0 Å². The van der Waals surface area contributed by atoms with E-state index in [-0.39, 0.29) is 6.61 Å². The number of aliphatic hydroxyl groups excluding tert-OH is 2. The van der Waals surface area contributed by atoms with E-state index >= 15 is 0 Å². The second-order valence-corrected chi connectivity index (χ2v) is 5.80. The van der Waals surface area contributed by atoms with E-state index in [9.17, 15) is 9.46 Å². The molecule has 0 heterocycles. The fraction of sp³-hybridized carbons (Fsp3) is 1.00. The number of nitrogens with zero attached hydrogens (tertiary/aromatic N) is 1. The van der Waals surface area contributed by atoms with Crippen molar-refractivity contribution in [3.63, 3.8) is 0 Å². The largest absolute Gasteiger partial charge is 0.756 e. The summed E-state index contributed by atoms with van der Waals surface area (Å²) in [5, 5.41) is 17.4. The highest BCUT2D eigenvalue weighted by atomic mass is 31.2. The fourth-order valence-corrected chi connectivity index (χ4v) is 1.56. The molecule has 8 heteroatoms. The standard InChI is InChI=1S/C9H22NO6P/c1-4-10(2,3)5-6-15-17(13,14)16-8-9(12)7-11/h9,11-12H,4-8H2,1-3H3/t9-/m1/s1. The van der Waals surface area contributed by atoms with Crippen molar-refractivity contribution in [2.75, 3.05) is 47.0 Å². The molecule has 0 aromatic heterocycles. The zero-order valence-corrected chi connectivity index (χ0v) is 11.4. The first-order chi connectivity index (χ1) is 7.72. The third-order valence-electron chi connectivity index (χ3n) is 2.44. The Kier molecular flexibility index (Phi) is 7.43. The van der Waals surface area contributed by atoms with Gasteiger partial charge in [-0.05, 0) is 6.92 Å². The van der Waals surface area contributed by atoms with Crippen LogP contribution in [0.1, 0.15) is 6.92 Å². The molecule has 0 aromatic rings. The average molecular weight is 271 g/mol. The van der Waals surface area contributed by atoms with Crippen molar-refractivity contribution in [3.05, 3.63) is 0 Å². The molecule has 2 N–H and O–H groups in total. The van der Waals surface area contributed by atoms with Crippen molar-refractivity contribution in [2.24, 2.45) is 0 Å². The van der Waals surface area contributed by atoms with E-state index in [1.165, 1.54) is 0 Å². The van der Waals surface area contributed by atoms with Gasteiger partial charge in [0, 0.05) is 0 Å². The molecule has 1 unspecified atom stereocenters. The van der Waals surface area contributed by atoms with E-state index in [0.29, 0.717) is 11.0 Å². The van der Waals surface area contributed by atoms with Crippen molar-refractivity contribution in [1.29, 1.82) is 0 Å². The highest BCUT2D eigenvalue weighted by molar-refractivity contribution is 7.45. The maximum atomic E-state index is 11.2. The van der Waals surface area contributed by atoms with Gasteiger partial charge in [0.15, 0.2) is 0 Å². The Hall–Kier alpha value is -0.0100. The first-order valence-electron chi connectivity index (χ1n) is 5.43. The van der Waals surface area contributed by atoms with Gasteiger partial charge in [-0.15, -0.1) is 0 Å². The van der Waals surface area contributed by atoms with E-state index in [2.05, 4.69) is 9.05 Å². The summed E-state index contributed by atoms with van der Waals surface area (Å²) in [5.74, 6) is 0. The van der Waals surface area contributed by atoms with E-state index in [4.69, 9.17) is 10.2 Å². The average Bonchev–Trinajstić information content (AvgIpc) is 2.25. The van der Waals surface area contributed by atoms with Crippen molar-refractivity contribution >= 4 is 7.82 Å². The van der Waals surface area contributed by atoms with E-state index in [0.717, 1.165) is 6.54 Å². The van der Waals surface area contributed by atoms with Crippen LogP contribution in [0.25, 0.3) is 0 Å². The highest BCUT2D eigenvalue weighted by Crippen LogP contribution is 2.38. The highest BCUT2D eigenvalue weighted by Gasteiger charge is 2.16. The van der Waals surface area contributed by atoms with Crippen LogP contribution < -0.4 is 4.89 Å². The molecule has 0 fully saturated rings. The van der Waals surface area contributed by atoms with Gasteiger partial charge in [-0.2, -0.15) is 0 Å². The molecule has 7 nitrogen and oxygen atoms in total. The number of phosphoric acid groups is 1. The van der Waals surface area contributed by atoms with Crippen LogP contribution in [0.3, 0.4) is 0 Å². The Balaban J connectivity index is 3.90. The minimum Gasteiger partial charge on any atom is -0.756 e. The minimum atomic E-state index is -4.39. The second-order valence-electron chi connectivity index (χ2n) is 4.39. The topological polar surface area (TPSA) is 99.1 Å². The first-order valence-corrected chi connectivity index (χ1v) is 6.89. The van der Waals surface area contributed by atoms with Crippen LogP contribution in [-0.4, -0.2) is 67.8 Å². The summed E-state index contributed by atoms with van der Waals surface area (Å²) in [7, 11) is -0.480. The maximum Gasteiger partial charge on any atom is 0.268 e. The zero-order valence-electron chi connectivity index (χ0n) is 10.5. The summed E-state index contributed by atoms with van der Waals surface area (Å²) in [6.45, 7) is 2.36. The maximum absolute atomic E-state index is 11.2. The molecular formula is C9H22NO6P. The Labute approximate surface area is 102 Å². The molecule has 2 atom stereocenters. The van der Waals surface area contributed by atoms with Gasteiger partial charge in [-0.25, -0.2) is 0 Å². The lowest BCUT2D eigenvalue weighted by molar-refractivity contribution is -0.888. The van der Waals surface area contributed by atoms with Gasteiger partial charge in [-0.3, -0.25) is 4.57 Å². The smallest absolute Gasteiger partial charge is 0.268 e. The molecule has 0 aromatic carbocycles. The van der Waals surface area contributed by atoms with E-state index in [1.54, 1.807) is 0 Å². The number of hydrogen-bond donors (Lipinski definition) is 2. The number of hydrogen-bond acceptors (Lipinski definition) is 6. The summed E-state index contributed by atoms with van der Waals surface area (Å²) in [5.41, 5.74) is 0. The molecule has 104 valence electrons. The molecule has 0 aliphatic carbocycles. The van der Waals surface area contributed by atoms with Crippen molar-refractivity contribution in [1.82, 2.24) is 0 Å². The van der Waals surface area contributed by atoms with Crippen molar-refractivity contribution in [3.8, 4) is 0 Å². The quantitative estimate of drug-likeness (QED) is 0.409. The van der Waals surface area contributed by atoms with Crippen molar-refractivity contribution < 1.29 is 33.2 Å². The second kappa shape index (κ2) is 7.43. The normalized spacial score (nSPS) is 17.8. The van der Waals surface area contributed by atoms with Crippen LogP contribution in [0.15, 0.2) is 0 Å². The molecule has 0 saturated carbocycles. The van der Waals surface area contributed by atoms with Gasteiger partial charge in [-0.1, -0.05) is 0 Å². The monoisotopic (exact) mass is 271 g/mol. The summed E-state index contributed by atoms with van der Waals surface area (Å²) in [6, 6.07) is 0. The van der Waals surface area contributed by atoms with Gasteiger partial charge in [0.05, 0.1) is 33.9 Å². The molecule has 0 amide bonds. The summed E-state index contributed by atoms with van der Waals surface area (Å²) in [4.78, 5) is 11.2. The molecule has 17 heavy (non-hydrogen) atoms. The molecule has 0 radical (unpaired) electrons. The van der Waals surface area contributed by atoms with Crippen LogP contribution >= 0.6 is 7.82 Å². The summed E-state index contributed by atoms with van der Waals surface area (Å²) in [6.07, 6.45) is -1.22. The predicted octanol–water partition coefficient (Wildman–Crippen LogP) is -1.06. The number of phosphoric ester groups is 1. The number of rotatable bonds is 9. The van der Waals surface area contributed by atoms with Crippen LogP contribution in [0.2, 0.25) is 0 Å². The molecule has 0 rings (SSSR count). The van der Waals surface area contributed by atoms with Crippen LogP contribution in [0.4, 0.5) is 0 Å². The van der Waals surface area contributed by atoms with Crippen LogP contribution in [0.5, 0.6) is 0 Å². The summed E-state index contributed by atoms with van der Waals surface area (Å²) < 4.78 is 20.9. The predicted molar refractivity (Wildman–Crippen MR) is 60.1 cm³/mol. The Morgan fingerprint density at radius 1 is 1.41 bits per heavy atom. The van der Waals surface area contributed by atoms with Gasteiger partial charge in [0.1, 0.15) is 19.3 Å². The Morgan fingerprint density at radius 2 is 2.00 bits per heavy atom. The third-order valence-corrected chi connectivity index (χ3v) is 3.40. The summed E-state index contributed by atoms with van der Waals surface area (Å²) >= 11 is 0. The number of quaternary nitrogens is 1. The Bertz CT molecular complexity index is 260. The van der Waals surface area contributed by atoms with E-state index in [1.807, 2.05) is 21.0 Å². The molecule has 0 aliphatic rings. The fourth-order valence-electron chi connectivity index (χ4n) is 0.825. The lowest BCUT2D eigenvalue weighted by atomic mass is 10.4. The van der Waals surface area contributed by atoms with Crippen molar-refractivity contribution in [2.45, 2.75) is 13.0 Å². The number of aliphatic hydroxyl groups is 2. The van der Waals surface area contributed by atoms with Gasteiger partial charge < -0.3 is 28.6 Å². The molecular weight excluding hydrogens is 249 g/mol. The first kappa shape index (κ1) is 17.0. The third kappa shape index (κ3) is 8.68. The molecule has 0 saturated heterocycles. The minimum absolute atomic E-state index is 0.0246. The van der Waals surface area contributed by atoms with Crippen LogP contribution in [-0.2, 0) is 13.6 Å². The molecule has 0 bridgehead atoms. The number of likely N-dealkylation sites (N-methyl/N-ethyl adjacent to an activating group) is 1. The SMILES string of the molecule is CC[N+](C)(C)CCOP(=O)([O-])OC[C@H](O)CO. The van der Waals surface area contributed by atoms with E-state index < -0.39 is 27.1 Å². The van der Waals surface area contributed by atoms with Gasteiger partial charge >= 0.3 is 0 Å². The Morgan fingerprint density at radius 3 is 2.47 bits per heavy atom. The molecule has 0 spiro atoms.